The summed E-state index contributed by atoms with van der Waals surface area (Å²) in [5.74, 6) is 0.839. The highest BCUT2D eigenvalue weighted by molar-refractivity contribution is 5.86. The number of aromatic nitrogens is 1. The molecule has 2 saturated heterocycles. The zero-order valence-electron chi connectivity index (χ0n) is 15.7. The SMILES string of the molecule is Cc1cn(CC(=O)N2CCC[C@H](CN3CCOCC3)C2)c2ccccc12. The van der Waals surface area contributed by atoms with Gasteiger partial charge in [-0.15, -0.1) is 0 Å². The number of morpholine rings is 1. The van der Waals surface area contributed by atoms with Gasteiger partial charge in [-0.05, 0) is 37.3 Å². The molecule has 0 spiro atoms. The number of carbonyl (C=O) groups is 1. The number of piperidine rings is 1. The number of aryl methyl sites for hydroxylation is 1. The van der Waals surface area contributed by atoms with E-state index in [4.69, 9.17) is 4.74 Å². The van der Waals surface area contributed by atoms with Gasteiger partial charge in [0.2, 0.25) is 5.91 Å². The Balaban J connectivity index is 1.39. The molecule has 4 rings (SSSR count). The zero-order chi connectivity index (χ0) is 17.9. The van der Waals surface area contributed by atoms with E-state index in [9.17, 15) is 4.79 Å². The van der Waals surface area contributed by atoms with Gasteiger partial charge in [-0.3, -0.25) is 9.69 Å². The molecule has 1 atom stereocenters. The Morgan fingerprint density at radius 2 is 2.00 bits per heavy atom. The summed E-state index contributed by atoms with van der Waals surface area (Å²) in [5.41, 5.74) is 2.39. The number of likely N-dealkylation sites (tertiary alicyclic amines) is 1. The zero-order valence-corrected chi connectivity index (χ0v) is 15.7. The van der Waals surface area contributed by atoms with E-state index < -0.39 is 0 Å². The fourth-order valence-corrected chi connectivity index (χ4v) is 4.40. The van der Waals surface area contributed by atoms with Gasteiger partial charge in [0.15, 0.2) is 0 Å². The summed E-state index contributed by atoms with van der Waals surface area (Å²) in [6, 6.07) is 8.34. The summed E-state index contributed by atoms with van der Waals surface area (Å²) < 4.78 is 7.55. The van der Waals surface area contributed by atoms with Gasteiger partial charge in [0, 0.05) is 49.8 Å². The molecule has 0 N–H and O–H groups in total. The number of nitrogens with zero attached hydrogens (tertiary/aromatic N) is 3. The van der Waals surface area contributed by atoms with Gasteiger partial charge in [-0.1, -0.05) is 18.2 Å². The maximum atomic E-state index is 12.9. The van der Waals surface area contributed by atoms with Crippen LogP contribution in [0.3, 0.4) is 0 Å². The van der Waals surface area contributed by atoms with Gasteiger partial charge in [-0.25, -0.2) is 0 Å². The van der Waals surface area contributed by atoms with Crippen molar-refractivity contribution in [2.75, 3.05) is 45.9 Å². The van der Waals surface area contributed by atoms with Crippen LogP contribution in [0.25, 0.3) is 10.9 Å². The lowest BCUT2D eigenvalue weighted by Crippen LogP contribution is -2.46. The van der Waals surface area contributed by atoms with E-state index in [-0.39, 0.29) is 5.91 Å². The number of ether oxygens (including phenoxy) is 1. The van der Waals surface area contributed by atoms with Crippen molar-refractivity contribution < 1.29 is 9.53 Å². The molecular weight excluding hydrogens is 326 g/mol. The molecule has 0 aliphatic carbocycles. The monoisotopic (exact) mass is 355 g/mol. The van der Waals surface area contributed by atoms with Crippen LogP contribution in [0.5, 0.6) is 0 Å². The molecular formula is C21H29N3O2. The number of hydrogen-bond acceptors (Lipinski definition) is 3. The van der Waals surface area contributed by atoms with Crippen LogP contribution in [0.4, 0.5) is 0 Å². The molecule has 2 aliphatic rings. The number of benzene rings is 1. The topological polar surface area (TPSA) is 37.7 Å². The third-order valence-corrected chi connectivity index (χ3v) is 5.79. The molecule has 140 valence electrons. The van der Waals surface area contributed by atoms with Crippen LogP contribution in [0.2, 0.25) is 0 Å². The number of amides is 1. The molecule has 2 aliphatic heterocycles. The number of para-hydroxylation sites is 1. The van der Waals surface area contributed by atoms with Crippen LogP contribution in [0.1, 0.15) is 18.4 Å². The van der Waals surface area contributed by atoms with E-state index >= 15 is 0 Å². The fourth-order valence-electron chi connectivity index (χ4n) is 4.40. The highest BCUT2D eigenvalue weighted by atomic mass is 16.5. The third kappa shape index (κ3) is 3.79. The first kappa shape index (κ1) is 17.6. The predicted molar refractivity (Wildman–Crippen MR) is 103 cm³/mol. The maximum absolute atomic E-state index is 12.9. The fraction of sp³-hybridized carbons (Fsp3) is 0.571. The molecule has 26 heavy (non-hydrogen) atoms. The first-order valence-corrected chi connectivity index (χ1v) is 9.83. The molecule has 5 nitrogen and oxygen atoms in total. The summed E-state index contributed by atoms with van der Waals surface area (Å²) in [6.07, 6.45) is 4.45. The van der Waals surface area contributed by atoms with E-state index in [1.54, 1.807) is 0 Å². The Morgan fingerprint density at radius 3 is 2.85 bits per heavy atom. The average molecular weight is 355 g/mol. The van der Waals surface area contributed by atoms with E-state index in [1.165, 1.54) is 17.4 Å². The summed E-state index contributed by atoms with van der Waals surface area (Å²) in [5, 5.41) is 1.24. The van der Waals surface area contributed by atoms with Crippen molar-refractivity contribution in [3.8, 4) is 0 Å². The lowest BCUT2D eigenvalue weighted by Gasteiger charge is -2.37. The second-order valence-electron chi connectivity index (χ2n) is 7.72. The van der Waals surface area contributed by atoms with Gasteiger partial charge in [0.05, 0.1) is 13.2 Å². The molecule has 5 heteroatoms. The molecule has 0 bridgehead atoms. The molecule has 1 aromatic heterocycles. The maximum Gasteiger partial charge on any atom is 0.242 e. The Labute approximate surface area is 155 Å². The molecule has 3 heterocycles. The van der Waals surface area contributed by atoms with E-state index in [0.717, 1.165) is 57.9 Å². The van der Waals surface area contributed by atoms with Crippen molar-refractivity contribution in [3.05, 3.63) is 36.0 Å². The largest absolute Gasteiger partial charge is 0.379 e. The number of fused-ring (bicyclic) bond motifs is 1. The van der Waals surface area contributed by atoms with Crippen molar-refractivity contribution in [2.24, 2.45) is 5.92 Å². The van der Waals surface area contributed by atoms with Gasteiger partial charge >= 0.3 is 0 Å². The van der Waals surface area contributed by atoms with Gasteiger partial charge < -0.3 is 14.2 Å². The molecule has 1 amide bonds. The highest BCUT2D eigenvalue weighted by Crippen LogP contribution is 2.22. The third-order valence-electron chi connectivity index (χ3n) is 5.79. The molecule has 0 saturated carbocycles. The average Bonchev–Trinajstić information content (AvgIpc) is 2.99. The van der Waals surface area contributed by atoms with Crippen molar-refractivity contribution >= 4 is 16.8 Å². The van der Waals surface area contributed by atoms with Crippen LogP contribution in [0, 0.1) is 12.8 Å². The Hall–Kier alpha value is -1.85. The van der Waals surface area contributed by atoms with E-state index in [0.29, 0.717) is 12.5 Å². The van der Waals surface area contributed by atoms with Crippen molar-refractivity contribution in [3.63, 3.8) is 0 Å². The van der Waals surface area contributed by atoms with E-state index in [2.05, 4.69) is 45.7 Å². The predicted octanol–water partition coefficient (Wildman–Crippen LogP) is 2.52. The molecule has 2 fully saturated rings. The Bertz CT molecular complexity index is 764. The van der Waals surface area contributed by atoms with Crippen molar-refractivity contribution in [2.45, 2.75) is 26.3 Å². The van der Waals surface area contributed by atoms with Gasteiger partial charge in [0.1, 0.15) is 6.54 Å². The van der Waals surface area contributed by atoms with Gasteiger partial charge in [-0.2, -0.15) is 0 Å². The first-order chi connectivity index (χ1) is 12.7. The van der Waals surface area contributed by atoms with Crippen LogP contribution >= 0.6 is 0 Å². The highest BCUT2D eigenvalue weighted by Gasteiger charge is 2.26. The minimum atomic E-state index is 0.248. The minimum absolute atomic E-state index is 0.248. The summed E-state index contributed by atoms with van der Waals surface area (Å²) in [6.45, 7) is 9.19. The molecule has 1 aromatic carbocycles. The second kappa shape index (κ2) is 7.80. The quantitative estimate of drug-likeness (QED) is 0.846. The van der Waals surface area contributed by atoms with Crippen molar-refractivity contribution in [1.29, 1.82) is 0 Å². The summed E-state index contributed by atoms with van der Waals surface area (Å²) in [4.78, 5) is 17.5. The number of hydrogen-bond donors (Lipinski definition) is 0. The molecule has 2 aromatic rings. The Kier molecular flexibility index (Phi) is 5.27. The van der Waals surface area contributed by atoms with E-state index in [1.807, 2.05) is 6.07 Å². The number of carbonyl (C=O) groups excluding carboxylic acids is 1. The number of rotatable bonds is 4. The van der Waals surface area contributed by atoms with Crippen molar-refractivity contribution in [1.82, 2.24) is 14.4 Å². The summed E-state index contributed by atoms with van der Waals surface area (Å²) >= 11 is 0. The van der Waals surface area contributed by atoms with Crippen LogP contribution in [-0.4, -0.2) is 66.2 Å². The molecule has 0 radical (unpaired) electrons. The standard InChI is InChI=1S/C21H29N3O2/c1-17-13-24(20-7-3-2-6-19(17)20)16-21(25)23-8-4-5-18(15-23)14-22-9-11-26-12-10-22/h2-3,6-7,13,18H,4-5,8-12,14-16H2,1H3/t18-/m1/s1. The molecule has 0 unspecified atom stereocenters. The lowest BCUT2D eigenvalue weighted by molar-refractivity contribution is -0.133. The first-order valence-electron chi connectivity index (χ1n) is 9.83. The van der Waals surface area contributed by atoms with Crippen LogP contribution in [0.15, 0.2) is 30.5 Å². The minimum Gasteiger partial charge on any atom is -0.379 e. The summed E-state index contributed by atoms with van der Waals surface area (Å²) in [7, 11) is 0. The normalized spacial score (nSPS) is 22.0. The lowest BCUT2D eigenvalue weighted by atomic mass is 9.97. The van der Waals surface area contributed by atoms with Crippen LogP contribution < -0.4 is 0 Å². The Morgan fingerprint density at radius 1 is 1.19 bits per heavy atom. The van der Waals surface area contributed by atoms with Gasteiger partial charge in [0.25, 0.3) is 0 Å². The van der Waals surface area contributed by atoms with Crippen LogP contribution in [-0.2, 0) is 16.1 Å². The second-order valence-corrected chi connectivity index (χ2v) is 7.72. The smallest absolute Gasteiger partial charge is 0.242 e.